The van der Waals surface area contributed by atoms with Gasteiger partial charge in [-0.15, -0.1) is 0 Å². The first-order chi connectivity index (χ1) is 6.94. The summed E-state index contributed by atoms with van der Waals surface area (Å²) < 4.78 is 7.83. The maximum atomic E-state index is 10.2. The molecule has 1 heterocycles. The highest BCUT2D eigenvalue weighted by atomic mass is 79.9. The van der Waals surface area contributed by atoms with Crippen LogP contribution in [0.2, 0.25) is 0 Å². The molecule has 0 radical (unpaired) electrons. The molecule has 0 aliphatic heterocycles. The van der Waals surface area contributed by atoms with E-state index in [0.717, 1.165) is 16.7 Å². The zero-order chi connectivity index (χ0) is 11.6. The molecular formula is C10H17BrN2O2. The topological polar surface area (TPSA) is 47.3 Å². The normalized spacial score (nSPS) is 14.3. The summed E-state index contributed by atoms with van der Waals surface area (Å²) in [6, 6.07) is 0. The van der Waals surface area contributed by atoms with Crippen molar-refractivity contribution in [3.05, 3.63) is 16.4 Å². The number of aryl methyl sites for hydroxylation is 1. The molecule has 15 heavy (non-hydrogen) atoms. The first-order valence-electron chi connectivity index (χ1n) is 4.88. The number of halogens is 1. The number of hydrogen-bond acceptors (Lipinski definition) is 3. The van der Waals surface area contributed by atoms with Crippen LogP contribution in [0, 0.1) is 0 Å². The molecule has 86 valence electrons. The lowest BCUT2D eigenvalue weighted by Crippen LogP contribution is -2.33. The summed E-state index contributed by atoms with van der Waals surface area (Å²) in [4.78, 5) is 0. The minimum absolute atomic E-state index is 0.629. The summed E-state index contributed by atoms with van der Waals surface area (Å²) in [6.07, 6.45) is 0.979. The van der Waals surface area contributed by atoms with Crippen LogP contribution in [-0.4, -0.2) is 27.6 Å². The third-order valence-electron chi connectivity index (χ3n) is 2.58. The van der Waals surface area contributed by atoms with Crippen LogP contribution in [0.4, 0.5) is 0 Å². The van der Waals surface area contributed by atoms with Crippen LogP contribution in [0.15, 0.2) is 10.7 Å². The quantitative estimate of drug-likeness (QED) is 0.917. The number of rotatable bonds is 4. The van der Waals surface area contributed by atoms with Crippen LogP contribution in [-0.2, 0) is 11.3 Å². The van der Waals surface area contributed by atoms with E-state index in [4.69, 9.17) is 4.74 Å². The Balaban J connectivity index is 3.09. The van der Waals surface area contributed by atoms with Gasteiger partial charge in [0.2, 0.25) is 0 Å². The first kappa shape index (κ1) is 12.7. The van der Waals surface area contributed by atoms with Crippen molar-refractivity contribution >= 4 is 15.9 Å². The van der Waals surface area contributed by atoms with Gasteiger partial charge in [0.05, 0.1) is 22.0 Å². The number of methoxy groups -OCH3 is 1. The highest BCUT2D eigenvalue weighted by Crippen LogP contribution is 2.32. The molecule has 0 aromatic carbocycles. The van der Waals surface area contributed by atoms with E-state index in [1.165, 1.54) is 0 Å². The van der Waals surface area contributed by atoms with Crippen molar-refractivity contribution in [2.24, 2.45) is 0 Å². The summed E-state index contributed by atoms with van der Waals surface area (Å²) >= 11 is 3.38. The van der Waals surface area contributed by atoms with Crippen molar-refractivity contribution in [3.63, 3.8) is 0 Å². The molecule has 5 heteroatoms. The molecule has 0 fully saturated rings. The smallest absolute Gasteiger partial charge is 0.125 e. The zero-order valence-electron chi connectivity index (χ0n) is 9.49. The second-order valence-corrected chi connectivity index (χ2v) is 4.76. The van der Waals surface area contributed by atoms with Crippen LogP contribution in [0.25, 0.3) is 0 Å². The summed E-state index contributed by atoms with van der Waals surface area (Å²) in [5.41, 5.74) is 0.125. The Labute approximate surface area is 98.4 Å². The minimum atomic E-state index is -0.709. The fourth-order valence-corrected chi connectivity index (χ4v) is 1.85. The number of ether oxygens (including phenoxy) is 1. The van der Waals surface area contributed by atoms with Crippen molar-refractivity contribution in [3.8, 4) is 0 Å². The molecule has 1 aromatic heterocycles. The monoisotopic (exact) mass is 276 g/mol. The van der Waals surface area contributed by atoms with Gasteiger partial charge in [-0.1, -0.05) is 0 Å². The lowest BCUT2D eigenvalue weighted by Gasteiger charge is -2.29. The van der Waals surface area contributed by atoms with Gasteiger partial charge in [-0.25, -0.2) is 0 Å². The van der Waals surface area contributed by atoms with Gasteiger partial charge >= 0.3 is 0 Å². The Bertz CT molecular complexity index is 336. The Morgan fingerprint density at radius 1 is 1.67 bits per heavy atom. The lowest BCUT2D eigenvalue weighted by atomic mass is 9.98. The Morgan fingerprint density at radius 3 is 2.73 bits per heavy atom. The van der Waals surface area contributed by atoms with Crippen molar-refractivity contribution in [1.82, 2.24) is 9.78 Å². The largest absolute Gasteiger partial charge is 0.384 e. The third kappa shape index (κ3) is 2.41. The van der Waals surface area contributed by atoms with E-state index in [-0.39, 0.29) is 0 Å². The molecule has 1 rings (SSSR count). The molecular weight excluding hydrogens is 260 g/mol. The Hall–Kier alpha value is -0.390. The van der Waals surface area contributed by atoms with E-state index in [0.29, 0.717) is 0 Å². The molecule has 1 atom stereocenters. The molecule has 0 spiro atoms. The predicted molar refractivity (Wildman–Crippen MR) is 61.6 cm³/mol. The minimum Gasteiger partial charge on any atom is -0.384 e. The average Bonchev–Trinajstić information content (AvgIpc) is 2.58. The third-order valence-corrected chi connectivity index (χ3v) is 3.19. The fraction of sp³-hybridized carbons (Fsp3) is 0.700. The van der Waals surface area contributed by atoms with E-state index in [2.05, 4.69) is 21.0 Å². The fourth-order valence-electron chi connectivity index (χ4n) is 1.34. The van der Waals surface area contributed by atoms with E-state index in [1.54, 1.807) is 18.0 Å². The van der Waals surface area contributed by atoms with Gasteiger partial charge < -0.3 is 9.84 Å². The molecule has 0 aliphatic carbocycles. The summed E-state index contributed by atoms with van der Waals surface area (Å²) in [5, 5.41) is 14.4. The molecule has 1 N–H and O–H groups in total. The maximum Gasteiger partial charge on any atom is 0.125 e. The van der Waals surface area contributed by atoms with E-state index in [1.807, 2.05) is 20.8 Å². The van der Waals surface area contributed by atoms with Crippen molar-refractivity contribution in [2.75, 3.05) is 7.11 Å². The van der Waals surface area contributed by atoms with Crippen molar-refractivity contribution < 1.29 is 9.84 Å². The maximum absolute atomic E-state index is 10.2. The molecule has 1 aromatic rings. The van der Waals surface area contributed by atoms with Crippen LogP contribution in [0.5, 0.6) is 0 Å². The Kier molecular flexibility index (Phi) is 3.92. The standard InChI is InChI=1S/C10H17BrN2O2/c1-5-13-8(7(11)6-12-13)9(14)10(2,3)15-4/h6,9,14H,5H2,1-4H3. The molecule has 0 saturated carbocycles. The van der Waals surface area contributed by atoms with Gasteiger partial charge in [0, 0.05) is 13.7 Å². The summed E-state index contributed by atoms with van der Waals surface area (Å²) in [7, 11) is 1.59. The molecule has 0 bridgehead atoms. The van der Waals surface area contributed by atoms with E-state index < -0.39 is 11.7 Å². The summed E-state index contributed by atoms with van der Waals surface area (Å²) in [5.74, 6) is 0. The van der Waals surface area contributed by atoms with Gasteiger partial charge in [-0.05, 0) is 36.7 Å². The lowest BCUT2D eigenvalue weighted by molar-refractivity contribution is -0.0829. The second kappa shape index (κ2) is 4.63. The van der Waals surface area contributed by atoms with Gasteiger partial charge in [-0.3, -0.25) is 4.68 Å². The molecule has 4 nitrogen and oxygen atoms in total. The SMILES string of the molecule is CCn1ncc(Br)c1C(O)C(C)(C)OC. The molecule has 0 amide bonds. The predicted octanol–water partition coefficient (Wildman–Crippen LogP) is 2.12. The van der Waals surface area contributed by atoms with Gasteiger partial charge in [0.25, 0.3) is 0 Å². The molecule has 1 unspecified atom stereocenters. The number of aromatic nitrogens is 2. The Morgan fingerprint density at radius 2 is 2.27 bits per heavy atom. The first-order valence-corrected chi connectivity index (χ1v) is 5.67. The number of aliphatic hydroxyl groups excluding tert-OH is 1. The van der Waals surface area contributed by atoms with Crippen LogP contribution >= 0.6 is 15.9 Å². The van der Waals surface area contributed by atoms with Crippen LogP contribution < -0.4 is 0 Å². The van der Waals surface area contributed by atoms with Crippen LogP contribution in [0.1, 0.15) is 32.6 Å². The zero-order valence-corrected chi connectivity index (χ0v) is 11.1. The number of nitrogens with zero attached hydrogens (tertiary/aromatic N) is 2. The number of hydrogen-bond donors (Lipinski definition) is 1. The van der Waals surface area contributed by atoms with E-state index >= 15 is 0 Å². The van der Waals surface area contributed by atoms with Gasteiger partial charge in [0.1, 0.15) is 6.10 Å². The molecule has 0 aliphatic rings. The van der Waals surface area contributed by atoms with E-state index in [9.17, 15) is 5.11 Å². The molecule has 0 saturated heterocycles. The van der Waals surface area contributed by atoms with Crippen LogP contribution in [0.3, 0.4) is 0 Å². The highest BCUT2D eigenvalue weighted by molar-refractivity contribution is 9.10. The highest BCUT2D eigenvalue weighted by Gasteiger charge is 2.32. The van der Waals surface area contributed by atoms with Crippen molar-refractivity contribution in [2.45, 2.75) is 39.0 Å². The summed E-state index contributed by atoms with van der Waals surface area (Å²) in [6.45, 7) is 6.39. The van der Waals surface area contributed by atoms with Gasteiger partial charge in [-0.2, -0.15) is 5.10 Å². The average molecular weight is 277 g/mol. The number of aliphatic hydroxyl groups is 1. The second-order valence-electron chi connectivity index (χ2n) is 3.90. The van der Waals surface area contributed by atoms with Gasteiger partial charge in [0.15, 0.2) is 0 Å². The van der Waals surface area contributed by atoms with Crippen molar-refractivity contribution in [1.29, 1.82) is 0 Å².